The average Bonchev–Trinajstić information content (AvgIpc) is 3.20. The summed E-state index contributed by atoms with van der Waals surface area (Å²) in [6, 6.07) is 13.0. The maximum atomic E-state index is 4.61. The molecule has 0 unspecified atom stereocenters. The number of anilines is 1. The van der Waals surface area contributed by atoms with Gasteiger partial charge < -0.3 is 9.88 Å². The number of nitrogens with zero attached hydrogens (tertiary/aromatic N) is 2. The first-order chi connectivity index (χ1) is 11.6. The van der Waals surface area contributed by atoms with Crippen LogP contribution < -0.4 is 4.90 Å². The number of pyridine rings is 1. The molecular weight excluding hydrogens is 314 g/mol. The van der Waals surface area contributed by atoms with Crippen LogP contribution in [0.1, 0.15) is 5.56 Å². The van der Waals surface area contributed by atoms with E-state index in [0.717, 1.165) is 11.2 Å². The van der Waals surface area contributed by atoms with Gasteiger partial charge in [0.15, 0.2) is 0 Å². The second kappa shape index (κ2) is 5.80. The number of rotatable bonds is 3. The number of hydrogen-bond acceptors (Lipinski definition) is 3. The minimum Gasteiger partial charge on any atom is -0.378 e. The molecule has 0 aliphatic rings. The summed E-state index contributed by atoms with van der Waals surface area (Å²) >= 11 is 1.78. The summed E-state index contributed by atoms with van der Waals surface area (Å²) in [5.41, 5.74) is 6.98. The van der Waals surface area contributed by atoms with Crippen LogP contribution in [-0.4, -0.2) is 24.1 Å². The maximum absolute atomic E-state index is 4.61. The number of hydrogen-bond donors (Lipinski definition) is 1. The lowest BCUT2D eigenvalue weighted by Crippen LogP contribution is -2.07. The standard InChI is InChI=1S/C20H19N3S/c1-13-8-19(24-12-13)18-11-22-20-17(18)9-15(10-21-20)14-4-6-16(7-5-14)23(2)3/h4-12H,1-3H3,(H,21,22). The first-order valence-electron chi connectivity index (χ1n) is 7.92. The van der Waals surface area contributed by atoms with Gasteiger partial charge in [0, 0.05) is 53.6 Å². The Kier molecular flexibility index (Phi) is 3.62. The molecule has 0 bridgehead atoms. The lowest BCUT2D eigenvalue weighted by Gasteiger charge is -2.12. The van der Waals surface area contributed by atoms with Crippen molar-refractivity contribution in [3.8, 4) is 21.6 Å². The summed E-state index contributed by atoms with van der Waals surface area (Å²) in [5, 5.41) is 3.36. The van der Waals surface area contributed by atoms with Gasteiger partial charge in [0.25, 0.3) is 0 Å². The molecule has 4 aromatic rings. The first kappa shape index (κ1) is 15.0. The van der Waals surface area contributed by atoms with Gasteiger partial charge in [-0.15, -0.1) is 11.3 Å². The van der Waals surface area contributed by atoms with Gasteiger partial charge in [-0.2, -0.15) is 0 Å². The maximum Gasteiger partial charge on any atom is 0.137 e. The Labute approximate surface area is 145 Å². The average molecular weight is 333 g/mol. The fourth-order valence-electron chi connectivity index (χ4n) is 2.89. The number of fused-ring (bicyclic) bond motifs is 1. The van der Waals surface area contributed by atoms with E-state index in [2.05, 4.69) is 83.9 Å². The molecule has 0 spiro atoms. The summed E-state index contributed by atoms with van der Waals surface area (Å²) in [6.07, 6.45) is 3.99. The Morgan fingerprint density at radius 1 is 1.04 bits per heavy atom. The predicted octanol–water partition coefficient (Wildman–Crippen LogP) is 5.33. The number of aromatic amines is 1. The summed E-state index contributed by atoms with van der Waals surface area (Å²) in [7, 11) is 4.11. The third kappa shape index (κ3) is 2.59. The minimum atomic E-state index is 0.935. The van der Waals surface area contributed by atoms with Crippen LogP contribution in [0.3, 0.4) is 0 Å². The van der Waals surface area contributed by atoms with Gasteiger partial charge in [-0.3, -0.25) is 0 Å². The molecule has 0 saturated heterocycles. The van der Waals surface area contributed by atoms with Crippen molar-refractivity contribution in [2.75, 3.05) is 19.0 Å². The zero-order valence-corrected chi connectivity index (χ0v) is 14.8. The highest BCUT2D eigenvalue weighted by Gasteiger charge is 2.10. The Hall–Kier alpha value is -2.59. The van der Waals surface area contributed by atoms with Crippen LogP contribution >= 0.6 is 11.3 Å². The highest BCUT2D eigenvalue weighted by molar-refractivity contribution is 7.13. The molecule has 3 aromatic heterocycles. The SMILES string of the molecule is Cc1csc(-c2c[nH]c3ncc(-c4ccc(N(C)C)cc4)cc23)c1. The van der Waals surface area contributed by atoms with E-state index in [1.807, 2.05) is 6.20 Å². The molecule has 0 amide bonds. The van der Waals surface area contributed by atoms with E-state index in [4.69, 9.17) is 0 Å². The molecular formula is C20H19N3S. The Bertz CT molecular complexity index is 993. The molecule has 24 heavy (non-hydrogen) atoms. The lowest BCUT2D eigenvalue weighted by molar-refractivity contribution is 1.13. The van der Waals surface area contributed by atoms with Gasteiger partial charge in [0.2, 0.25) is 0 Å². The van der Waals surface area contributed by atoms with Crippen LogP contribution in [0, 0.1) is 6.92 Å². The summed E-state index contributed by atoms with van der Waals surface area (Å²) < 4.78 is 0. The van der Waals surface area contributed by atoms with Gasteiger partial charge in [-0.05, 0) is 47.7 Å². The van der Waals surface area contributed by atoms with Crippen LogP contribution in [0.4, 0.5) is 5.69 Å². The highest BCUT2D eigenvalue weighted by Crippen LogP contribution is 2.34. The number of nitrogens with one attached hydrogen (secondary N) is 1. The van der Waals surface area contributed by atoms with Crippen molar-refractivity contribution in [2.24, 2.45) is 0 Å². The second-order valence-electron chi connectivity index (χ2n) is 6.25. The Morgan fingerprint density at radius 2 is 1.83 bits per heavy atom. The van der Waals surface area contributed by atoms with Gasteiger partial charge >= 0.3 is 0 Å². The van der Waals surface area contributed by atoms with Crippen molar-refractivity contribution >= 4 is 28.1 Å². The van der Waals surface area contributed by atoms with E-state index in [-0.39, 0.29) is 0 Å². The van der Waals surface area contributed by atoms with Crippen molar-refractivity contribution in [1.82, 2.24) is 9.97 Å². The zero-order chi connectivity index (χ0) is 16.7. The third-order valence-electron chi connectivity index (χ3n) is 4.24. The van der Waals surface area contributed by atoms with Crippen LogP contribution in [-0.2, 0) is 0 Å². The lowest BCUT2D eigenvalue weighted by atomic mass is 10.0. The number of aromatic nitrogens is 2. The fraction of sp³-hybridized carbons (Fsp3) is 0.150. The minimum absolute atomic E-state index is 0.935. The van der Waals surface area contributed by atoms with Crippen molar-refractivity contribution in [3.05, 3.63) is 59.7 Å². The molecule has 0 radical (unpaired) electrons. The molecule has 0 aliphatic carbocycles. The van der Waals surface area contributed by atoms with E-state index in [1.165, 1.54) is 32.6 Å². The van der Waals surface area contributed by atoms with E-state index in [9.17, 15) is 0 Å². The molecule has 0 saturated carbocycles. The van der Waals surface area contributed by atoms with Crippen molar-refractivity contribution < 1.29 is 0 Å². The number of benzene rings is 1. The van der Waals surface area contributed by atoms with Gasteiger partial charge in [0.1, 0.15) is 5.65 Å². The van der Waals surface area contributed by atoms with Crippen LogP contribution in [0.25, 0.3) is 32.6 Å². The van der Waals surface area contributed by atoms with Gasteiger partial charge in [0.05, 0.1) is 0 Å². The monoisotopic (exact) mass is 333 g/mol. The van der Waals surface area contributed by atoms with Gasteiger partial charge in [-0.1, -0.05) is 12.1 Å². The molecule has 3 nitrogen and oxygen atoms in total. The number of aryl methyl sites for hydroxylation is 1. The van der Waals surface area contributed by atoms with Gasteiger partial charge in [-0.25, -0.2) is 4.98 Å². The zero-order valence-electron chi connectivity index (χ0n) is 14.0. The number of H-pyrrole nitrogens is 1. The quantitative estimate of drug-likeness (QED) is 0.549. The molecule has 0 aliphatic heterocycles. The Morgan fingerprint density at radius 3 is 2.50 bits per heavy atom. The molecule has 3 heterocycles. The predicted molar refractivity (Wildman–Crippen MR) is 104 cm³/mol. The topological polar surface area (TPSA) is 31.9 Å². The van der Waals surface area contributed by atoms with E-state index >= 15 is 0 Å². The molecule has 120 valence electrons. The molecule has 1 N–H and O–H groups in total. The van der Waals surface area contributed by atoms with E-state index in [0.29, 0.717) is 0 Å². The van der Waals surface area contributed by atoms with Crippen LogP contribution in [0.15, 0.2) is 54.2 Å². The fourth-order valence-corrected chi connectivity index (χ4v) is 3.82. The van der Waals surface area contributed by atoms with Crippen molar-refractivity contribution in [3.63, 3.8) is 0 Å². The van der Waals surface area contributed by atoms with E-state index < -0.39 is 0 Å². The summed E-state index contributed by atoms with van der Waals surface area (Å²) in [6.45, 7) is 2.13. The number of thiophene rings is 1. The summed E-state index contributed by atoms with van der Waals surface area (Å²) in [4.78, 5) is 11.3. The summed E-state index contributed by atoms with van der Waals surface area (Å²) in [5.74, 6) is 0. The molecule has 0 atom stereocenters. The molecule has 0 fully saturated rings. The van der Waals surface area contributed by atoms with Crippen LogP contribution in [0.5, 0.6) is 0 Å². The van der Waals surface area contributed by atoms with Crippen LogP contribution in [0.2, 0.25) is 0 Å². The van der Waals surface area contributed by atoms with Crippen molar-refractivity contribution in [2.45, 2.75) is 6.92 Å². The third-order valence-corrected chi connectivity index (χ3v) is 5.33. The normalized spacial score (nSPS) is 11.1. The highest BCUT2D eigenvalue weighted by atomic mass is 32.1. The first-order valence-corrected chi connectivity index (χ1v) is 8.80. The largest absolute Gasteiger partial charge is 0.378 e. The Balaban J connectivity index is 1.80. The second-order valence-corrected chi connectivity index (χ2v) is 7.16. The van der Waals surface area contributed by atoms with Crippen molar-refractivity contribution in [1.29, 1.82) is 0 Å². The smallest absolute Gasteiger partial charge is 0.137 e. The van der Waals surface area contributed by atoms with E-state index in [1.54, 1.807) is 11.3 Å². The molecule has 4 heteroatoms. The molecule has 4 rings (SSSR count). The molecule has 1 aromatic carbocycles.